The number of aromatic nitrogens is 5. The Morgan fingerprint density at radius 3 is 2.73 bits per heavy atom. The van der Waals surface area contributed by atoms with Gasteiger partial charge in [-0.25, -0.2) is 24.1 Å². The van der Waals surface area contributed by atoms with Gasteiger partial charge in [0.15, 0.2) is 0 Å². The number of halogens is 2. The third-order valence-corrected chi connectivity index (χ3v) is 9.21. The fourth-order valence-electron chi connectivity index (χ4n) is 5.59. The zero-order chi connectivity index (χ0) is 31.5. The van der Waals surface area contributed by atoms with Crippen molar-refractivity contribution in [2.24, 2.45) is 5.73 Å². The number of ether oxygens (including phenoxy) is 1. The molecule has 3 N–H and O–H groups in total. The number of aryl methyl sites for hydroxylation is 1. The second-order valence-corrected chi connectivity index (χ2v) is 12.3. The summed E-state index contributed by atoms with van der Waals surface area (Å²) in [6.45, 7) is 5.80. The number of primary amides is 1. The molecule has 0 radical (unpaired) electrons. The predicted molar refractivity (Wildman–Crippen MR) is 169 cm³/mol. The maximum atomic E-state index is 14.2. The van der Waals surface area contributed by atoms with Crippen LogP contribution in [0.15, 0.2) is 55.0 Å². The fourth-order valence-corrected chi connectivity index (χ4v) is 6.69. The number of nitrogens with zero attached hydrogens (tertiary/aromatic N) is 6. The monoisotopic (exact) mass is 650 g/mol. The highest BCUT2D eigenvalue weighted by molar-refractivity contribution is 7.20. The summed E-state index contributed by atoms with van der Waals surface area (Å²) >= 11 is 7.09. The number of fused-ring (bicyclic) bond motifs is 1. The van der Waals surface area contributed by atoms with E-state index < -0.39 is 17.8 Å². The highest BCUT2D eigenvalue weighted by atomic mass is 35.5. The topological polar surface area (TPSA) is 133 Å². The number of hydrogen-bond donors (Lipinski definition) is 2. The summed E-state index contributed by atoms with van der Waals surface area (Å²) in [5.74, 6) is 0.673. The van der Waals surface area contributed by atoms with E-state index in [2.05, 4.69) is 31.3 Å². The molecule has 6 rings (SSSR count). The van der Waals surface area contributed by atoms with Crippen LogP contribution >= 0.6 is 22.9 Å². The van der Waals surface area contributed by atoms with Crippen molar-refractivity contribution >= 4 is 45.2 Å². The largest absolute Gasteiger partial charge is 0.473 e. The van der Waals surface area contributed by atoms with Crippen LogP contribution in [0.3, 0.4) is 0 Å². The standard InChI is InChI=1S/C31H32ClFN8O3S/c1-2-40-18-35-14-22(40)15-41-25-13-26(29(42)38-31(34)43)45-30(25)37-27(41)16-39-10-8-19(9-11-39)24-4-3-5-28(36-24)44-17-20-6-7-21(32)12-23(20)33/h3-7,12-14,18-19H,2,8-11,15-17H2,1H3,(H3,34,38,42,43). The van der Waals surface area contributed by atoms with E-state index in [0.29, 0.717) is 34.4 Å². The molecular formula is C31H32ClFN8O3S. The van der Waals surface area contributed by atoms with Crippen LogP contribution in [-0.4, -0.2) is 54.0 Å². The van der Waals surface area contributed by atoms with Gasteiger partial charge >= 0.3 is 6.03 Å². The number of urea groups is 1. The van der Waals surface area contributed by atoms with Crippen LogP contribution in [0.25, 0.3) is 10.3 Å². The van der Waals surface area contributed by atoms with Crippen molar-refractivity contribution in [2.75, 3.05) is 13.1 Å². The summed E-state index contributed by atoms with van der Waals surface area (Å²) in [7, 11) is 0. The van der Waals surface area contributed by atoms with E-state index >= 15 is 0 Å². The second-order valence-electron chi connectivity index (χ2n) is 10.9. The van der Waals surface area contributed by atoms with E-state index in [4.69, 9.17) is 32.0 Å². The molecular weight excluding hydrogens is 619 g/mol. The molecule has 234 valence electrons. The van der Waals surface area contributed by atoms with E-state index in [1.165, 1.54) is 17.4 Å². The average molecular weight is 651 g/mol. The molecule has 3 amide bonds. The first-order valence-corrected chi connectivity index (χ1v) is 15.8. The Kier molecular flexibility index (Phi) is 9.10. The maximum Gasteiger partial charge on any atom is 0.319 e. The highest BCUT2D eigenvalue weighted by Crippen LogP contribution is 2.31. The number of likely N-dealkylation sites (tertiary alicyclic amines) is 1. The van der Waals surface area contributed by atoms with Crippen molar-refractivity contribution < 1.29 is 18.7 Å². The molecule has 1 aliphatic heterocycles. The molecule has 0 unspecified atom stereocenters. The summed E-state index contributed by atoms with van der Waals surface area (Å²) in [6, 6.07) is 11.1. The van der Waals surface area contributed by atoms with E-state index in [0.717, 1.165) is 60.0 Å². The molecule has 14 heteroatoms. The number of thiophene rings is 1. The SMILES string of the molecule is CCn1cncc1Cn1c(CN2CCC(c3cccc(OCc4ccc(Cl)cc4F)n3)CC2)nc2sc(C(=O)NC(N)=O)cc21. The lowest BCUT2D eigenvalue weighted by molar-refractivity contribution is 0.0970. The number of nitrogens with two attached hydrogens (primary N) is 1. The van der Waals surface area contributed by atoms with Crippen molar-refractivity contribution in [2.45, 2.75) is 51.9 Å². The average Bonchev–Trinajstić information content (AvgIpc) is 3.73. The fraction of sp³-hybridized carbons (Fsp3) is 0.323. The van der Waals surface area contributed by atoms with E-state index in [9.17, 15) is 14.0 Å². The Morgan fingerprint density at radius 2 is 1.98 bits per heavy atom. The third kappa shape index (κ3) is 7.00. The van der Waals surface area contributed by atoms with Gasteiger partial charge in [-0.05, 0) is 57.1 Å². The summed E-state index contributed by atoms with van der Waals surface area (Å²) < 4.78 is 24.2. The van der Waals surface area contributed by atoms with Gasteiger partial charge in [0.1, 0.15) is 23.1 Å². The first-order valence-electron chi connectivity index (χ1n) is 14.6. The molecule has 1 aliphatic rings. The Hall–Kier alpha value is -4.33. The van der Waals surface area contributed by atoms with E-state index in [1.54, 1.807) is 30.6 Å². The lowest BCUT2D eigenvalue weighted by Gasteiger charge is -2.31. The van der Waals surface area contributed by atoms with Gasteiger partial charge in [0, 0.05) is 41.0 Å². The molecule has 11 nitrogen and oxygen atoms in total. The van der Waals surface area contributed by atoms with Gasteiger partial charge in [-0.3, -0.25) is 15.0 Å². The van der Waals surface area contributed by atoms with Gasteiger partial charge < -0.3 is 19.6 Å². The Balaban J connectivity index is 1.14. The number of carbonyl (C=O) groups excluding carboxylic acids is 2. The number of carbonyl (C=O) groups is 2. The number of imide groups is 1. The lowest BCUT2D eigenvalue weighted by Crippen LogP contribution is -2.34. The van der Waals surface area contributed by atoms with Crippen molar-refractivity contribution in [3.8, 4) is 5.88 Å². The van der Waals surface area contributed by atoms with E-state index in [-0.39, 0.29) is 12.5 Å². The second kappa shape index (κ2) is 13.3. The zero-order valence-electron chi connectivity index (χ0n) is 24.6. The maximum absolute atomic E-state index is 14.2. The van der Waals surface area contributed by atoms with Gasteiger partial charge in [0.2, 0.25) is 5.88 Å². The summed E-state index contributed by atoms with van der Waals surface area (Å²) in [4.78, 5) is 41.1. The van der Waals surface area contributed by atoms with Crippen LogP contribution in [0.5, 0.6) is 5.88 Å². The van der Waals surface area contributed by atoms with Gasteiger partial charge in [0.05, 0.1) is 35.5 Å². The molecule has 4 aromatic heterocycles. The predicted octanol–water partition coefficient (Wildman–Crippen LogP) is 5.32. The number of piperidine rings is 1. The molecule has 1 saturated heterocycles. The summed E-state index contributed by atoms with van der Waals surface area (Å²) in [5.41, 5.74) is 8.38. The minimum absolute atomic E-state index is 0.0678. The highest BCUT2D eigenvalue weighted by Gasteiger charge is 2.25. The molecule has 0 bridgehead atoms. The number of benzene rings is 1. The summed E-state index contributed by atoms with van der Waals surface area (Å²) in [5, 5.41) is 2.47. The van der Waals surface area contributed by atoms with Gasteiger partial charge in [-0.15, -0.1) is 11.3 Å². The van der Waals surface area contributed by atoms with Crippen molar-refractivity contribution in [1.82, 2.24) is 34.3 Å². The van der Waals surface area contributed by atoms with E-state index in [1.807, 2.05) is 18.3 Å². The smallest absolute Gasteiger partial charge is 0.319 e. The van der Waals surface area contributed by atoms with Crippen LogP contribution in [0.2, 0.25) is 5.02 Å². The molecule has 0 saturated carbocycles. The molecule has 0 atom stereocenters. The minimum atomic E-state index is -0.896. The van der Waals surface area contributed by atoms with Gasteiger partial charge in [-0.2, -0.15) is 0 Å². The number of amides is 3. The number of rotatable bonds is 10. The molecule has 45 heavy (non-hydrogen) atoms. The van der Waals surface area contributed by atoms with Crippen molar-refractivity contribution in [1.29, 1.82) is 0 Å². The number of hydrogen-bond acceptors (Lipinski definition) is 8. The van der Waals surface area contributed by atoms with Crippen molar-refractivity contribution in [3.63, 3.8) is 0 Å². The molecule has 0 spiro atoms. The van der Waals surface area contributed by atoms with Gasteiger partial charge in [-0.1, -0.05) is 23.7 Å². The normalized spacial score (nSPS) is 14.2. The Morgan fingerprint density at radius 1 is 1.16 bits per heavy atom. The molecule has 5 heterocycles. The molecule has 0 aliphatic carbocycles. The Bertz CT molecular complexity index is 1850. The Labute approximate surface area is 267 Å². The first-order chi connectivity index (χ1) is 21.8. The lowest BCUT2D eigenvalue weighted by atomic mass is 9.93. The van der Waals surface area contributed by atoms with Gasteiger partial charge in [0.25, 0.3) is 5.91 Å². The third-order valence-electron chi connectivity index (χ3n) is 7.95. The first kappa shape index (κ1) is 30.7. The van der Waals surface area contributed by atoms with Crippen LogP contribution in [0.1, 0.15) is 58.1 Å². The van der Waals surface area contributed by atoms with Crippen molar-refractivity contribution in [3.05, 3.63) is 93.5 Å². The van der Waals surface area contributed by atoms with Crippen LogP contribution < -0.4 is 15.8 Å². The van der Waals surface area contributed by atoms with Crippen LogP contribution in [0, 0.1) is 5.82 Å². The molecule has 1 aromatic carbocycles. The summed E-state index contributed by atoms with van der Waals surface area (Å²) in [6.07, 6.45) is 5.47. The minimum Gasteiger partial charge on any atom is -0.473 e. The molecule has 5 aromatic rings. The number of nitrogens with one attached hydrogen (secondary N) is 1. The number of imidazole rings is 2. The zero-order valence-corrected chi connectivity index (χ0v) is 26.2. The van der Waals surface area contributed by atoms with Crippen LogP contribution in [0.4, 0.5) is 9.18 Å². The number of pyridine rings is 1. The quantitative estimate of drug-likeness (QED) is 0.209. The molecule has 1 fully saturated rings. The van der Waals surface area contributed by atoms with Crippen LogP contribution in [-0.2, 0) is 26.2 Å².